The van der Waals surface area contributed by atoms with Crippen LogP contribution in [0.1, 0.15) is 11.1 Å². The van der Waals surface area contributed by atoms with E-state index in [2.05, 4.69) is 4.84 Å². The topological polar surface area (TPSA) is 85.1 Å². The minimum Gasteiger partial charge on any atom is -0.384 e. The van der Waals surface area contributed by atoms with Gasteiger partial charge in [-0.25, -0.2) is 5.90 Å². The van der Waals surface area contributed by atoms with Crippen molar-refractivity contribution in [2.45, 2.75) is 6.61 Å². The van der Waals surface area contributed by atoms with E-state index in [1.807, 2.05) is 12.1 Å². The summed E-state index contributed by atoms with van der Waals surface area (Å²) in [6, 6.07) is 7.17. The summed E-state index contributed by atoms with van der Waals surface area (Å²) < 4.78 is 0. The van der Waals surface area contributed by atoms with Crippen LogP contribution in [-0.4, -0.2) is 5.84 Å². The fourth-order valence-corrected chi connectivity index (χ4v) is 0.877. The number of amidine groups is 1. The molecule has 1 aromatic carbocycles. The van der Waals surface area contributed by atoms with Crippen molar-refractivity contribution in [1.29, 1.82) is 5.41 Å². The fourth-order valence-electron chi connectivity index (χ4n) is 0.877. The van der Waals surface area contributed by atoms with E-state index in [0.717, 1.165) is 5.56 Å². The predicted molar refractivity (Wildman–Crippen MR) is 46.4 cm³/mol. The van der Waals surface area contributed by atoms with Crippen LogP contribution in [0, 0.1) is 5.41 Å². The molecule has 64 valence electrons. The minimum absolute atomic E-state index is 0.0650. The quantitative estimate of drug-likeness (QED) is 0.343. The Morgan fingerprint density at radius 3 is 2.33 bits per heavy atom. The lowest BCUT2D eigenvalue weighted by atomic mass is 10.1. The van der Waals surface area contributed by atoms with Crippen molar-refractivity contribution in [1.82, 2.24) is 0 Å². The van der Waals surface area contributed by atoms with Gasteiger partial charge in [0.25, 0.3) is 0 Å². The van der Waals surface area contributed by atoms with Crippen molar-refractivity contribution in [3.8, 4) is 0 Å². The minimum atomic E-state index is 0.0650. The van der Waals surface area contributed by atoms with E-state index in [1.54, 1.807) is 12.1 Å². The fraction of sp³-hybridized carbons (Fsp3) is 0.125. The standard InChI is InChI=1S/C8H11N3O/c9-8(10)7-3-1-6(2-4-7)5-12-11/h1-4H,5,11H2,(H3,9,10). The van der Waals surface area contributed by atoms with E-state index >= 15 is 0 Å². The number of nitrogen functional groups attached to an aromatic ring is 1. The van der Waals surface area contributed by atoms with Gasteiger partial charge in [0.15, 0.2) is 0 Å². The molecule has 0 atom stereocenters. The van der Waals surface area contributed by atoms with Crippen LogP contribution in [0.15, 0.2) is 24.3 Å². The summed E-state index contributed by atoms with van der Waals surface area (Å²) in [6.45, 7) is 0.373. The molecule has 0 saturated carbocycles. The van der Waals surface area contributed by atoms with Gasteiger partial charge >= 0.3 is 0 Å². The second-order valence-electron chi connectivity index (χ2n) is 2.42. The molecule has 4 nitrogen and oxygen atoms in total. The molecule has 0 bridgehead atoms. The Morgan fingerprint density at radius 1 is 1.33 bits per heavy atom. The summed E-state index contributed by atoms with van der Waals surface area (Å²) in [5.74, 6) is 4.96. The molecule has 0 radical (unpaired) electrons. The van der Waals surface area contributed by atoms with Crippen LogP contribution in [0.25, 0.3) is 0 Å². The molecule has 0 aromatic heterocycles. The first-order valence-electron chi connectivity index (χ1n) is 3.49. The summed E-state index contributed by atoms with van der Waals surface area (Å²) in [6.07, 6.45) is 0. The van der Waals surface area contributed by atoms with Gasteiger partial charge in [0.1, 0.15) is 5.84 Å². The monoisotopic (exact) mass is 165 g/mol. The van der Waals surface area contributed by atoms with E-state index in [4.69, 9.17) is 17.0 Å². The van der Waals surface area contributed by atoms with Crippen molar-refractivity contribution in [2.24, 2.45) is 11.6 Å². The molecule has 0 amide bonds. The van der Waals surface area contributed by atoms with Crippen LogP contribution in [0.3, 0.4) is 0 Å². The first-order chi connectivity index (χ1) is 5.74. The smallest absolute Gasteiger partial charge is 0.122 e. The second kappa shape index (κ2) is 3.85. The molecule has 0 heterocycles. The zero-order valence-electron chi connectivity index (χ0n) is 6.58. The first kappa shape index (κ1) is 8.70. The van der Waals surface area contributed by atoms with Gasteiger partial charge in [-0.15, -0.1) is 0 Å². The Hall–Kier alpha value is -1.39. The van der Waals surface area contributed by atoms with Crippen molar-refractivity contribution in [3.63, 3.8) is 0 Å². The molecular weight excluding hydrogens is 154 g/mol. The lowest BCUT2D eigenvalue weighted by Crippen LogP contribution is -2.10. The molecule has 0 aliphatic rings. The van der Waals surface area contributed by atoms with Crippen molar-refractivity contribution in [2.75, 3.05) is 0 Å². The van der Waals surface area contributed by atoms with E-state index < -0.39 is 0 Å². The molecule has 5 N–H and O–H groups in total. The van der Waals surface area contributed by atoms with Gasteiger partial charge in [0, 0.05) is 5.56 Å². The highest BCUT2D eigenvalue weighted by atomic mass is 16.6. The molecule has 1 rings (SSSR count). The Balaban J connectivity index is 2.78. The zero-order valence-corrected chi connectivity index (χ0v) is 6.58. The summed E-state index contributed by atoms with van der Waals surface area (Å²) in [7, 11) is 0. The number of nitrogens with two attached hydrogens (primary N) is 2. The van der Waals surface area contributed by atoms with Gasteiger partial charge in [-0.2, -0.15) is 0 Å². The third-order valence-electron chi connectivity index (χ3n) is 1.51. The van der Waals surface area contributed by atoms with Crippen LogP contribution in [0.5, 0.6) is 0 Å². The average Bonchev–Trinajstić information content (AvgIpc) is 2.06. The average molecular weight is 165 g/mol. The van der Waals surface area contributed by atoms with Gasteiger partial charge in [0.05, 0.1) is 6.61 Å². The third kappa shape index (κ3) is 2.05. The van der Waals surface area contributed by atoms with Gasteiger partial charge in [-0.05, 0) is 5.56 Å². The molecule has 0 spiro atoms. The highest BCUT2D eigenvalue weighted by Crippen LogP contribution is 2.03. The Morgan fingerprint density at radius 2 is 1.92 bits per heavy atom. The van der Waals surface area contributed by atoms with E-state index in [0.29, 0.717) is 12.2 Å². The number of benzene rings is 1. The number of rotatable bonds is 3. The first-order valence-corrected chi connectivity index (χ1v) is 3.49. The van der Waals surface area contributed by atoms with Crippen molar-refractivity contribution >= 4 is 5.84 Å². The Labute approximate surface area is 70.6 Å². The summed E-state index contributed by atoms with van der Waals surface area (Å²) in [5, 5.41) is 7.13. The van der Waals surface area contributed by atoms with E-state index in [1.165, 1.54) is 0 Å². The maximum absolute atomic E-state index is 7.13. The predicted octanol–water partition coefficient (Wildman–Crippen LogP) is 0.361. The van der Waals surface area contributed by atoms with Crippen molar-refractivity contribution in [3.05, 3.63) is 35.4 Å². The van der Waals surface area contributed by atoms with Crippen molar-refractivity contribution < 1.29 is 4.84 Å². The second-order valence-corrected chi connectivity index (χ2v) is 2.42. The Kier molecular flexibility index (Phi) is 2.79. The Bertz CT molecular complexity index is 268. The van der Waals surface area contributed by atoms with Crippen LogP contribution in [-0.2, 0) is 11.4 Å². The normalized spacial score (nSPS) is 9.75. The summed E-state index contributed by atoms with van der Waals surface area (Å²) in [4.78, 5) is 4.44. The van der Waals surface area contributed by atoms with E-state index in [9.17, 15) is 0 Å². The van der Waals surface area contributed by atoms with Gasteiger partial charge in [0.2, 0.25) is 0 Å². The molecule has 0 fully saturated rings. The van der Waals surface area contributed by atoms with Crippen LogP contribution < -0.4 is 11.6 Å². The molecule has 0 aliphatic heterocycles. The number of nitrogens with one attached hydrogen (secondary N) is 1. The van der Waals surface area contributed by atoms with E-state index in [-0.39, 0.29) is 5.84 Å². The lowest BCUT2D eigenvalue weighted by Gasteiger charge is -2.00. The molecule has 0 aliphatic carbocycles. The highest BCUT2D eigenvalue weighted by molar-refractivity contribution is 5.94. The van der Waals surface area contributed by atoms with Gasteiger partial charge in [-0.3, -0.25) is 10.2 Å². The highest BCUT2D eigenvalue weighted by Gasteiger charge is 1.95. The van der Waals surface area contributed by atoms with Gasteiger partial charge in [-0.1, -0.05) is 24.3 Å². The molecule has 0 unspecified atom stereocenters. The maximum Gasteiger partial charge on any atom is 0.122 e. The third-order valence-corrected chi connectivity index (χ3v) is 1.51. The molecule has 0 saturated heterocycles. The molecular formula is C8H11N3O. The summed E-state index contributed by atoms with van der Waals surface area (Å²) >= 11 is 0. The molecule has 12 heavy (non-hydrogen) atoms. The maximum atomic E-state index is 7.13. The van der Waals surface area contributed by atoms with Crippen LogP contribution in [0.4, 0.5) is 0 Å². The largest absolute Gasteiger partial charge is 0.384 e. The summed E-state index contributed by atoms with van der Waals surface area (Å²) in [5.41, 5.74) is 6.93. The van der Waals surface area contributed by atoms with Gasteiger partial charge < -0.3 is 5.73 Å². The molecule has 4 heteroatoms. The van der Waals surface area contributed by atoms with Crippen LogP contribution >= 0.6 is 0 Å². The van der Waals surface area contributed by atoms with Crippen LogP contribution in [0.2, 0.25) is 0 Å². The lowest BCUT2D eigenvalue weighted by molar-refractivity contribution is 0.124. The zero-order chi connectivity index (χ0) is 8.97. The molecule has 1 aromatic rings. The number of hydrogen-bond acceptors (Lipinski definition) is 3. The number of hydrogen-bond donors (Lipinski definition) is 3. The SMILES string of the molecule is N=C(N)c1ccc(CON)cc1.